The molecule has 0 bridgehead atoms. The highest BCUT2D eigenvalue weighted by molar-refractivity contribution is 5.16. The summed E-state index contributed by atoms with van der Waals surface area (Å²) in [7, 11) is 1.76. The van der Waals surface area contributed by atoms with E-state index in [9.17, 15) is 13.2 Å². The van der Waals surface area contributed by atoms with Crippen molar-refractivity contribution >= 4 is 0 Å². The summed E-state index contributed by atoms with van der Waals surface area (Å²) in [6.45, 7) is 1.81. The molecule has 0 spiro atoms. The minimum atomic E-state index is -4.48. The van der Waals surface area contributed by atoms with Gasteiger partial charge in [-0.15, -0.1) is 0 Å². The van der Waals surface area contributed by atoms with Gasteiger partial charge in [0.2, 0.25) is 0 Å². The van der Waals surface area contributed by atoms with Crippen molar-refractivity contribution in [2.24, 2.45) is 13.0 Å². The van der Waals surface area contributed by atoms with Gasteiger partial charge in [-0.05, 0) is 6.42 Å². The molecule has 0 aliphatic heterocycles. The van der Waals surface area contributed by atoms with Gasteiger partial charge in [-0.2, -0.15) is 23.5 Å². The third kappa shape index (κ3) is 3.74. The molecule has 7 heteroatoms. The minimum Gasteiger partial charge on any atom is -0.311 e. The highest BCUT2D eigenvalue weighted by Crippen LogP contribution is 2.24. The summed E-state index contributed by atoms with van der Waals surface area (Å²) in [4.78, 5) is 0. The van der Waals surface area contributed by atoms with Crippen LogP contribution in [0.15, 0.2) is 6.20 Å². The Morgan fingerprint density at radius 1 is 1.56 bits per heavy atom. The lowest BCUT2D eigenvalue weighted by Gasteiger charge is -2.13. The van der Waals surface area contributed by atoms with E-state index < -0.39 is 18.6 Å². The van der Waals surface area contributed by atoms with E-state index in [0.29, 0.717) is 0 Å². The van der Waals surface area contributed by atoms with E-state index in [1.807, 2.05) is 6.92 Å². The van der Waals surface area contributed by atoms with E-state index in [1.54, 1.807) is 17.9 Å². The van der Waals surface area contributed by atoms with Gasteiger partial charge in [0, 0.05) is 31.9 Å². The van der Waals surface area contributed by atoms with Gasteiger partial charge < -0.3 is 5.32 Å². The van der Waals surface area contributed by atoms with E-state index in [2.05, 4.69) is 10.4 Å². The molecular formula is C11H15F3N4. The molecule has 0 aromatic carbocycles. The Kier molecular flexibility index (Phi) is 4.73. The lowest BCUT2D eigenvalue weighted by Crippen LogP contribution is -2.32. The number of hydrogen-bond donors (Lipinski definition) is 1. The van der Waals surface area contributed by atoms with E-state index in [1.165, 1.54) is 6.07 Å². The van der Waals surface area contributed by atoms with E-state index in [4.69, 9.17) is 5.26 Å². The molecule has 1 heterocycles. The SMILES string of the molecule is CCc1nn(C)cc1CNCC(C#N)C(F)(F)F. The molecule has 0 aliphatic rings. The second kappa shape index (κ2) is 5.87. The van der Waals surface area contributed by atoms with Crippen LogP contribution >= 0.6 is 0 Å². The Balaban J connectivity index is 2.53. The molecule has 0 aliphatic carbocycles. The van der Waals surface area contributed by atoms with Crippen LogP contribution in [0.25, 0.3) is 0 Å². The average molecular weight is 260 g/mol. The zero-order chi connectivity index (χ0) is 13.8. The first-order valence-electron chi connectivity index (χ1n) is 5.57. The van der Waals surface area contributed by atoms with Crippen molar-refractivity contribution in [2.45, 2.75) is 26.1 Å². The number of nitriles is 1. The van der Waals surface area contributed by atoms with Crippen molar-refractivity contribution < 1.29 is 13.2 Å². The van der Waals surface area contributed by atoms with Gasteiger partial charge in [0.15, 0.2) is 5.92 Å². The summed E-state index contributed by atoms with van der Waals surface area (Å²) < 4.78 is 38.6. The molecule has 0 amide bonds. The zero-order valence-corrected chi connectivity index (χ0v) is 10.3. The maximum atomic E-state index is 12.3. The van der Waals surface area contributed by atoms with Crippen molar-refractivity contribution in [3.8, 4) is 6.07 Å². The fourth-order valence-corrected chi connectivity index (χ4v) is 1.61. The Morgan fingerprint density at radius 3 is 2.72 bits per heavy atom. The topological polar surface area (TPSA) is 53.6 Å². The van der Waals surface area contributed by atoms with Gasteiger partial charge in [-0.3, -0.25) is 4.68 Å². The monoisotopic (exact) mass is 260 g/mol. The molecule has 0 fully saturated rings. The molecule has 0 saturated carbocycles. The summed E-state index contributed by atoms with van der Waals surface area (Å²) in [5, 5.41) is 15.3. The summed E-state index contributed by atoms with van der Waals surface area (Å²) in [6.07, 6.45) is -2.00. The van der Waals surface area contributed by atoms with Crippen molar-refractivity contribution in [2.75, 3.05) is 6.54 Å². The molecule has 1 aromatic heterocycles. The fourth-order valence-electron chi connectivity index (χ4n) is 1.61. The van der Waals surface area contributed by atoms with Gasteiger partial charge in [0.05, 0.1) is 11.8 Å². The Labute approximate surface area is 103 Å². The summed E-state index contributed by atoms with van der Waals surface area (Å²) in [6, 6.07) is 1.25. The third-order valence-electron chi connectivity index (χ3n) is 2.54. The van der Waals surface area contributed by atoms with Gasteiger partial charge >= 0.3 is 6.18 Å². The molecule has 1 unspecified atom stereocenters. The van der Waals surface area contributed by atoms with Crippen LogP contribution < -0.4 is 5.32 Å². The Bertz CT molecular complexity index is 430. The van der Waals surface area contributed by atoms with E-state index >= 15 is 0 Å². The lowest BCUT2D eigenvalue weighted by molar-refractivity contribution is -0.157. The van der Waals surface area contributed by atoms with Crippen LogP contribution in [0.2, 0.25) is 0 Å². The highest BCUT2D eigenvalue weighted by atomic mass is 19.4. The predicted molar refractivity (Wildman–Crippen MR) is 59.5 cm³/mol. The minimum absolute atomic E-state index is 0.283. The fraction of sp³-hybridized carbons (Fsp3) is 0.636. The van der Waals surface area contributed by atoms with Gasteiger partial charge in [-0.1, -0.05) is 6.92 Å². The summed E-state index contributed by atoms with van der Waals surface area (Å²) >= 11 is 0. The maximum absolute atomic E-state index is 12.3. The average Bonchev–Trinajstić information content (AvgIpc) is 2.63. The van der Waals surface area contributed by atoms with Crippen LogP contribution in [0, 0.1) is 17.2 Å². The second-order valence-corrected chi connectivity index (χ2v) is 3.98. The molecule has 18 heavy (non-hydrogen) atoms. The van der Waals surface area contributed by atoms with Gasteiger partial charge in [-0.25, -0.2) is 0 Å². The first-order valence-corrected chi connectivity index (χ1v) is 5.57. The number of rotatable bonds is 5. The largest absolute Gasteiger partial charge is 0.405 e. The highest BCUT2D eigenvalue weighted by Gasteiger charge is 2.39. The smallest absolute Gasteiger partial charge is 0.311 e. The maximum Gasteiger partial charge on any atom is 0.405 e. The Hall–Kier alpha value is -1.55. The molecule has 1 N–H and O–H groups in total. The van der Waals surface area contributed by atoms with Crippen molar-refractivity contribution in [3.63, 3.8) is 0 Å². The number of aromatic nitrogens is 2. The second-order valence-electron chi connectivity index (χ2n) is 3.98. The number of alkyl halides is 3. The van der Waals surface area contributed by atoms with Crippen LogP contribution in [-0.2, 0) is 20.0 Å². The first-order chi connectivity index (χ1) is 8.38. The quantitative estimate of drug-likeness (QED) is 0.878. The van der Waals surface area contributed by atoms with Crippen molar-refractivity contribution in [3.05, 3.63) is 17.5 Å². The molecular weight excluding hydrogens is 245 g/mol. The Morgan fingerprint density at radius 2 is 2.22 bits per heavy atom. The number of aryl methyl sites for hydroxylation is 2. The number of nitrogens with zero attached hydrogens (tertiary/aromatic N) is 3. The third-order valence-corrected chi connectivity index (χ3v) is 2.54. The molecule has 1 aromatic rings. The van der Waals surface area contributed by atoms with Crippen LogP contribution in [-0.4, -0.2) is 22.5 Å². The van der Waals surface area contributed by atoms with Gasteiger partial charge in [0.1, 0.15) is 0 Å². The van der Waals surface area contributed by atoms with Crippen LogP contribution in [0.3, 0.4) is 0 Å². The summed E-state index contributed by atoms with van der Waals surface area (Å²) in [5.74, 6) is -1.97. The lowest BCUT2D eigenvalue weighted by atomic mass is 10.1. The number of halogens is 3. The number of nitrogens with one attached hydrogen (secondary N) is 1. The van der Waals surface area contributed by atoms with Gasteiger partial charge in [0.25, 0.3) is 0 Å². The van der Waals surface area contributed by atoms with Crippen molar-refractivity contribution in [1.82, 2.24) is 15.1 Å². The standard InChI is InChI=1S/C11H15F3N4/c1-3-10-8(7-18(2)17-10)5-16-6-9(4-15)11(12,13)14/h7,9,16H,3,5-6H2,1-2H3. The number of hydrogen-bond acceptors (Lipinski definition) is 3. The normalized spacial score (nSPS) is 13.3. The zero-order valence-electron chi connectivity index (χ0n) is 10.3. The molecule has 100 valence electrons. The predicted octanol–water partition coefficient (Wildman–Crippen LogP) is 1.77. The summed E-state index contributed by atoms with van der Waals surface area (Å²) in [5.41, 5.74) is 1.71. The van der Waals surface area contributed by atoms with Crippen LogP contribution in [0.1, 0.15) is 18.2 Å². The molecule has 0 saturated heterocycles. The van der Waals surface area contributed by atoms with E-state index in [0.717, 1.165) is 17.7 Å². The van der Waals surface area contributed by atoms with E-state index in [-0.39, 0.29) is 6.54 Å². The van der Waals surface area contributed by atoms with Crippen LogP contribution in [0.4, 0.5) is 13.2 Å². The van der Waals surface area contributed by atoms with Crippen LogP contribution in [0.5, 0.6) is 0 Å². The molecule has 1 atom stereocenters. The first kappa shape index (κ1) is 14.5. The molecule has 1 rings (SSSR count). The molecule has 0 radical (unpaired) electrons. The van der Waals surface area contributed by atoms with Crippen molar-refractivity contribution in [1.29, 1.82) is 5.26 Å². The molecule has 4 nitrogen and oxygen atoms in total.